The van der Waals surface area contributed by atoms with Crippen LogP contribution in [0.3, 0.4) is 0 Å². The molecule has 0 amide bonds. The molecule has 0 unspecified atom stereocenters. The van der Waals surface area contributed by atoms with E-state index in [2.05, 4.69) is 53.8 Å². The maximum Gasteiger partial charge on any atom is 0.192 e. The van der Waals surface area contributed by atoms with Crippen LogP contribution in [0, 0.1) is 28.6 Å². The highest BCUT2D eigenvalue weighted by molar-refractivity contribution is 6.74. The number of Topliss-reactive ketones (excluding diaryl/α,β-unsaturated/α-hetero) is 1. The molecule has 5 aliphatic rings. The van der Waals surface area contributed by atoms with Crippen LogP contribution in [-0.2, 0) is 14.0 Å². The lowest BCUT2D eigenvalue weighted by Crippen LogP contribution is -2.54. The smallest absolute Gasteiger partial charge is 0.192 e. The van der Waals surface area contributed by atoms with Gasteiger partial charge in [-0.05, 0) is 93.2 Å². The minimum atomic E-state index is -1.73. The predicted molar refractivity (Wildman–Crippen MR) is 127 cm³/mol. The third-order valence-corrected chi connectivity index (χ3v) is 15.8. The molecule has 5 rings (SSSR count). The number of ether oxygens (including phenoxy) is 1. The molecule has 1 saturated heterocycles. The van der Waals surface area contributed by atoms with Crippen LogP contribution in [0.15, 0.2) is 11.6 Å². The zero-order valence-electron chi connectivity index (χ0n) is 21.1. The molecule has 8 atom stereocenters. The Balaban J connectivity index is 1.37. The van der Waals surface area contributed by atoms with E-state index < -0.39 is 13.9 Å². The average molecular weight is 445 g/mol. The first-order valence-electron chi connectivity index (χ1n) is 12.8. The second-order valence-corrected chi connectivity index (χ2v) is 18.3. The van der Waals surface area contributed by atoms with Crippen molar-refractivity contribution in [3.8, 4) is 0 Å². The van der Waals surface area contributed by atoms with Gasteiger partial charge in [-0.25, -0.2) is 0 Å². The Morgan fingerprint density at radius 1 is 1.16 bits per heavy atom. The zero-order valence-corrected chi connectivity index (χ0v) is 22.1. The number of hydrogen-bond donors (Lipinski definition) is 0. The topological polar surface area (TPSA) is 38.8 Å². The maximum atomic E-state index is 12.6. The quantitative estimate of drug-likeness (QED) is 0.277. The van der Waals surface area contributed by atoms with Gasteiger partial charge in [-0.3, -0.25) is 4.79 Å². The molecule has 174 valence electrons. The van der Waals surface area contributed by atoms with Crippen molar-refractivity contribution in [3.63, 3.8) is 0 Å². The third kappa shape index (κ3) is 2.86. The summed E-state index contributed by atoms with van der Waals surface area (Å²) in [6.45, 7) is 18.5. The van der Waals surface area contributed by atoms with Crippen LogP contribution in [0.2, 0.25) is 18.1 Å². The molecule has 0 radical (unpaired) electrons. The average Bonchev–Trinajstić information content (AvgIpc) is 3.33. The molecule has 0 N–H and O–H groups in total. The molecule has 4 fully saturated rings. The zero-order chi connectivity index (χ0) is 22.6. The number of epoxide rings is 1. The van der Waals surface area contributed by atoms with Crippen LogP contribution in [-0.4, -0.2) is 31.9 Å². The summed E-state index contributed by atoms with van der Waals surface area (Å²) < 4.78 is 13.0. The summed E-state index contributed by atoms with van der Waals surface area (Å²) >= 11 is 0. The summed E-state index contributed by atoms with van der Waals surface area (Å²) in [4.78, 5) is 12.6. The Bertz CT molecular complexity index is 825. The number of fused-ring (bicyclic) bond motifs is 7. The molecular weight excluding hydrogens is 400 g/mol. The van der Waals surface area contributed by atoms with Crippen molar-refractivity contribution in [2.75, 3.05) is 0 Å². The van der Waals surface area contributed by atoms with Gasteiger partial charge in [0.2, 0.25) is 0 Å². The third-order valence-electron chi connectivity index (χ3n) is 11.3. The first-order chi connectivity index (χ1) is 14.3. The summed E-state index contributed by atoms with van der Waals surface area (Å²) in [7, 11) is -1.73. The van der Waals surface area contributed by atoms with E-state index in [9.17, 15) is 4.79 Å². The lowest BCUT2D eigenvalue weighted by atomic mass is 9.47. The summed E-state index contributed by atoms with van der Waals surface area (Å²) in [6, 6.07) is 0. The molecule has 0 aromatic carbocycles. The lowest BCUT2D eigenvalue weighted by molar-refractivity contribution is -0.135. The molecule has 3 saturated carbocycles. The molecule has 4 aliphatic carbocycles. The van der Waals surface area contributed by atoms with Gasteiger partial charge in [0.1, 0.15) is 0 Å². The number of carbonyl (C=O) groups excluding carboxylic acids is 1. The van der Waals surface area contributed by atoms with Gasteiger partial charge < -0.3 is 9.16 Å². The summed E-state index contributed by atoms with van der Waals surface area (Å²) in [6.07, 6.45) is 11.5. The van der Waals surface area contributed by atoms with Crippen molar-refractivity contribution in [1.82, 2.24) is 0 Å². The largest absolute Gasteiger partial charge is 0.414 e. The molecular formula is C27H44O3Si. The van der Waals surface area contributed by atoms with E-state index in [0.717, 1.165) is 31.1 Å². The van der Waals surface area contributed by atoms with Crippen molar-refractivity contribution in [3.05, 3.63) is 11.6 Å². The Kier molecular flexibility index (Phi) is 4.73. The van der Waals surface area contributed by atoms with E-state index in [1.165, 1.54) is 25.7 Å². The number of ketones is 1. The first-order valence-corrected chi connectivity index (χ1v) is 15.7. The summed E-state index contributed by atoms with van der Waals surface area (Å²) in [5, 5.41) is 0.270. The monoisotopic (exact) mass is 444 g/mol. The summed E-state index contributed by atoms with van der Waals surface area (Å²) in [5.41, 5.74) is 1.62. The van der Waals surface area contributed by atoms with E-state index >= 15 is 0 Å². The molecule has 0 spiro atoms. The van der Waals surface area contributed by atoms with Gasteiger partial charge in [0, 0.05) is 11.5 Å². The van der Waals surface area contributed by atoms with E-state index in [4.69, 9.17) is 9.16 Å². The molecule has 0 aromatic heterocycles. The SMILES string of the molecule is CC(=O)[C@@]12O[C@@H]1C[C@H]1[C@@H]3CC=C4C[C@@H](O[Si](C)(C)C(C)(C)C)CC[C@]4(C)[C@H]3CC[C@@]12C. The van der Waals surface area contributed by atoms with Crippen LogP contribution in [0.4, 0.5) is 0 Å². The molecule has 0 aromatic rings. The van der Waals surface area contributed by atoms with Crippen LogP contribution < -0.4 is 0 Å². The van der Waals surface area contributed by atoms with E-state index in [0.29, 0.717) is 17.4 Å². The highest BCUT2D eigenvalue weighted by Gasteiger charge is 2.79. The van der Waals surface area contributed by atoms with Crippen LogP contribution in [0.5, 0.6) is 0 Å². The Hall–Kier alpha value is -0.453. The fourth-order valence-corrected chi connectivity index (χ4v) is 9.77. The highest BCUT2D eigenvalue weighted by atomic mass is 28.4. The number of carbonyl (C=O) groups is 1. The second-order valence-electron chi connectivity index (χ2n) is 13.6. The van der Waals surface area contributed by atoms with Crippen LogP contribution >= 0.6 is 0 Å². The minimum absolute atomic E-state index is 0.0506. The predicted octanol–water partition coefficient (Wildman–Crippen LogP) is 6.68. The molecule has 1 aliphatic heterocycles. The van der Waals surface area contributed by atoms with Gasteiger partial charge in [-0.2, -0.15) is 0 Å². The lowest BCUT2D eigenvalue weighted by Gasteiger charge is -2.58. The Morgan fingerprint density at radius 3 is 2.52 bits per heavy atom. The molecule has 31 heavy (non-hydrogen) atoms. The van der Waals surface area contributed by atoms with Gasteiger partial charge in [-0.15, -0.1) is 0 Å². The molecule has 3 nitrogen and oxygen atoms in total. The van der Waals surface area contributed by atoms with Gasteiger partial charge in [0.15, 0.2) is 19.7 Å². The van der Waals surface area contributed by atoms with Gasteiger partial charge in [0.25, 0.3) is 0 Å². The van der Waals surface area contributed by atoms with Gasteiger partial charge >= 0.3 is 0 Å². The minimum Gasteiger partial charge on any atom is -0.414 e. The molecule has 1 heterocycles. The van der Waals surface area contributed by atoms with Crippen LogP contribution in [0.25, 0.3) is 0 Å². The molecule has 4 heteroatoms. The number of hydrogen-bond acceptors (Lipinski definition) is 3. The van der Waals surface area contributed by atoms with Crippen molar-refractivity contribution < 1.29 is 14.0 Å². The van der Waals surface area contributed by atoms with Crippen molar-refractivity contribution in [2.45, 2.75) is 122 Å². The Labute approximate surface area is 190 Å². The van der Waals surface area contributed by atoms with Gasteiger partial charge in [0.05, 0.1) is 6.10 Å². The van der Waals surface area contributed by atoms with E-state index in [1.54, 1.807) is 12.5 Å². The van der Waals surface area contributed by atoms with Crippen LogP contribution in [0.1, 0.15) is 86.5 Å². The standard InChI is InChI=1S/C27H44O3Si/c1-17(28)27-23(29-27)16-22-20-10-9-18-15-19(30-31(7,8)24(2,3)4)11-13-25(18,5)21(20)12-14-26(22,27)6/h9,19-23H,10-16H2,1-8H3/t19-,20+,21-,22-,23+,25-,26-,27+/m0/s1. The maximum absolute atomic E-state index is 12.6. The van der Waals surface area contributed by atoms with Gasteiger partial charge in [-0.1, -0.05) is 46.3 Å². The molecule has 0 bridgehead atoms. The first kappa shape index (κ1) is 22.3. The van der Waals surface area contributed by atoms with Crippen molar-refractivity contribution >= 4 is 14.1 Å². The number of rotatable bonds is 3. The second kappa shape index (κ2) is 6.57. The Morgan fingerprint density at radius 2 is 1.87 bits per heavy atom. The van der Waals surface area contributed by atoms with Crippen molar-refractivity contribution in [1.29, 1.82) is 0 Å². The highest BCUT2D eigenvalue weighted by Crippen LogP contribution is 2.73. The van der Waals surface area contributed by atoms with E-state index in [-0.39, 0.29) is 22.3 Å². The van der Waals surface area contributed by atoms with Crippen molar-refractivity contribution in [2.24, 2.45) is 28.6 Å². The van der Waals surface area contributed by atoms with E-state index in [1.807, 2.05) is 0 Å². The fraction of sp³-hybridized carbons (Fsp3) is 0.889. The normalized spacial score (nSPS) is 48.8. The fourth-order valence-electron chi connectivity index (χ4n) is 8.39. The summed E-state index contributed by atoms with van der Waals surface area (Å²) in [5.74, 6) is 2.41. The number of allylic oxidation sites excluding steroid dienone is 1.